The number of ether oxygens (including phenoxy) is 2. The summed E-state index contributed by atoms with van der Waals surface area (Å²) in [6.07, 6.45) is 0.0974. The fraction of sp³-hybridized carbons (Fsp3) is 0.812. The van der Waals surface area contributed by atoms with Gasteiger partial charge in [0.15, 0.2) is 0 Å². The lowest BCUT2D eigenvalue weighted by Crippen LogP contribution is -2.59. The van der Waals surface area contributed by atoms with E-state index in [1.807, 2.05) is 0 Å². The molecule has 0 amide bonds. The van der Waals surface area contributed by atoms with E-state index < -0.39 is 40.7 Å². The Labute approximate surface area is 142 Å². The Morgan fingerprint density at radius 3 is 1.62 bits per heavy atom. The maximum absolute atomic E-state index is 12.4. The highest BCUT2D eigenvalue weighted by Crippen LogP contribution is 2.22. The Bertz CT molecular complexity index is 448. The fourth-order valence-corrected chi connectivity index (χ4v) is 1.75. The van der Waals surface area contributed by atoms with Crippen molar-refractivity contribution in [1.82, 2.24) is 0 Å². The number of carbonyl (C=O) groups is 3. The number of nitrogens with two attached hydrogens (primary N) is 2. The SMILES string of the molecule is CC(C)(C)OC(=O)C(N)(CCC[C@H](N)C(=O)O)C(=O)OC(C)(C)C. The molecule has 0 rings (SSSR count). The van der Waals surface area contributed by atoms with Crippen LogP contribution in [0.2, 0.25) is 0 Å². The summed E-state index contributed by atoms with van der Waals surface area (Å²) >= 11 is 0. The molecule has 0 fully saturated rings. The van der Waals surface area contributed by atoms with Gasteiger partial charge in [0.25, 0.3) is 0 Å². The van der Waals surface area contributed by atoms with Gasteiger partial charge in [-0.05, 0) is 60.8 Å². The van der Waals surface area contributed by atoms with Gasteiger partial charge in [-0.25, -0.2) is 9.59 Å². The van der Waals surface area contributed by atoms with E-state index in [9.17, 15) is 14.4 Å². The molecule has 0 unspecified atom stereocenters. The predicted octanol–water partition coefficient (Wildman–Crippen LogP) is 0.950. The first kappa shape index (κ1) is 22.3. The Hall–Kier alpha value is -1.67. The zero-order valence-electron chi connectivity index (χ0n) is 15.3. The van der Waals surface area contributed by atoms with E-state index in [4.69, 9.17) is 26.0 Å². The van der Waals surface area contributed by atoms with E-state index in [0.29, 0.717) is 0 Å². The van der Waals surface area contributed by atoms with Crippen LogP contribution in [0.5, 0.6) is 0 Å². The molecule has 1 atom stereocenters. The normalized spacial score (nSPS) is 14.0. The lowest BCUT2D eigenvalue weighted by Gasteiger charge is -2.32. The largest absolute Gasteiger partial charge is 0.480 e. The Balaban J connectivity index is 5.24. The maximum atomic E-state index is 12.4. The minimum absolute atomic E-state index is 0.0693. The molecule has 8 heteroatoms. The number of hydrogen-bond donors (Lipinski definition) is 3. The summed E-state index contributed by atoms with van der Waals surface area (Å²) in [7, 11) is 0. The molecule has 0 bridgehead atoms. The molecule has 0 aromatic heterocycles. The van der Waals surface area contributed by atoms with Gasteiger partial charge in [0.05, 0.1) is 0 Å². The third kappa shape index (κ3) is 7.74. The van der Waals surface area contributed by atoms with Crippen molar-refractivity contribution < 1.29 is 29.0 Å². The van der Waals surface area contributed by atoms with Crippen LogP contribution in [0.25, 0.3) is 0 Å². The zero-order chi connectivity index (χ0) is 19.3. The highest BCUT2D eigenvalue weighted by Gasteiger charge is 2.47. The van der Waals surface area contributed by atoms with E-state index in [0.717, 1.165) is 0 Å². The van der Waals surface area contributed by atoms with Gasteiger partial charge in [0, 0.05) is 0 Å². The standard InChI is InChI=1S/C16H30N2O6/c1-14(2,3)23-12(21)16(18,13(22)24-15(4,5)6)9-7-8-10(17)11(19)20/h10H,7-9,17-18H2,1-6H3,(H,19,20)/t10-/m0/s1. The second-order valence-corrected chi connectivity index (χ2v) is 7.81. The molecule has 0 saturated heterocycles. The predicted molar refractivity (Wildman–Crippen MR) is 88.1 cm³/mol. The van der Waals surface area contributed by atoms with Gasteiger partial charge >= 0.3 is 17.9 Å². The molecule has 140 valence electrons. The van der Waals surface area contributed by atoms with Crippen LogP contribution >= 0.6 is 0 Å². The Morgan fingerprint density at radius 2 is 1.33 bits per heavy atom. The summed E-state index contributed by atoms with van der Waals surface area (Å²) in [6.45, 7) is 9.92. The van der Waals surface area contributed by atoms with Crippen LogP contribution in [0.3, 0.4) is 0 Å². The first-order chi connectivity index (χ1) is 10.6. The summed E-state index contributed by atoms with van der Waals surface area (Å²) in [6, 6.07) is -1.09. The van der Waals surface area contributed by atoms with Gasteiger partial charge in [0.2, 0.25) is 5.54 Å². The minimum Gasteiger partial charge on any atom is -0.480 e. The van der Waals surface area contributed by atoms with Crippen LogP contribution in [0.1, 0.15) is 60.8 Å². The van der Waals surface area contributed by atoms with E-state index >= 15 is 0 Å². The van der Waals surface area contributed by atoms with Gasteiger partial charge in [-0.1, -0.05) is 0 Å². The highest BCUT2D eigenvalue weighted by atomic mass is 16.6. The molecule has 0 aromatic rings. The first-order valence-corrected chi connectivity index (χ1v) is 7.82. The van der Waals surface area contributed by atoms with Crippen molar-refractivity contribution in [3.8, 4) is 0 Å². The lowest BCUT2D eigenvalue weighted by molar-refractivity contribution is -0.177. The average Bonchev–Trinajstić information content (AvgIpc) is 2.33. The van der Waals surface area contributed by atoms with Crippen molar-refractivity contribution in [2.75, 3.05) is 0 Å². The molecule has 24 heavy (non-hydrogen) atoms. The van der Waals surface area contributed by atoms with Crippen LogP contribution in [-0.2, 0) is 23.9 Å². The molecular weight excluding hydrogens is 316 g/mol. The molecule has 0 saturated carbocycles. The quantitative estimate of drug-likeness (QED) is 0.457. The summed E-state index contributed by atoms with van der Waals surface area (Å²) in [4.78, 5) is 35.6. The first-order valence-electron chi connectivity index (χ1n) is 7.82. The maximum Gasteiger partial charge on any atom is 0.338 e. The number of hydrogen-bond acceptors (Lipinski definition) is 7. The second-order valence-electron chi connectivity index (χ2n) is 7.81. The van der Waals surface area contributed by atoms with Crippen molar-refractivity contribution in [1.29, 1.82) is 0 Å². The summed E-state index contributed by atoms with van der Waals surface area (Å²) in [5, 5.41) is 8.80. The van der Waals surface area contributed by atoms with Crippen molar-refractivity contribution >= 4 is 17.9 Å². The summed E-state index contributed by atoms with van der Waals surface area (Å²) < 4.78 is 10.5. The molecule has 0 aliphatic heterocycles. The molecular formula is C16H30N2O6. The third-order valence-corrected chi connectivity index (χ3v) is 2.93. The topological polar surface area (TPSA) is 142 Å². The van der Waals surface area contributed by atoms with Crippen LogP contribution < -0.4 is 11.5 Å². The van der Waals surface area contributed by atoms with Crippen LogP contribution in [0.15, 0.2) is 0 Å². The van der Waals surface area contributed by atoms with Gasteiger partial charge in [0.1, 0.15) is 17.2 Å². The van der Waals surface area contributed by atoms with E-state index in [2.05, 4.69) is 0 Å². The average molecular weight is 346 g/mol. The number of esters is 2. The van der Waals surface area contributed by atoms with E-state index in [-0.39, 0.29) is 19.3 Å². The van der Waals surface area contributed by atoms with Gasteiger partial charge in [-0.2, -0.15) is 0 Å². The Kier molecular flexibility index (Phi) is 7.38. The number of carboxylic acids is 1. The van der Waals surface area contributed by atoms with Crippen molar-refractivity contribution in [2.24, 2.45) is 11.5 Å². The number of carbonyl (C=O) groups excluding carboxylic acids is 2. The number of rotatable bonds is 7. The molecule has 8 nitrogen and oxygen atoms in total. The van der Waals surface area contributed by atoms with Crippen LogP contribution in [0.4, 0.5) is 0 Å². The smallest absolute Gasteiger partial charge is 0.338 e. The summed E-state index contributed by atoms with van der Waals surface area (Å²) in [5.74, 6) is -2.98. The minimum atomic E-state index is -2.02. The van der Waals surface area contributed by atoms with E-state index in [1.54, 1.807) is 41.5 Å². The molecule has 0 heterocycles. The summed E-state index contributed by atoms with van der Waals surface area (Å²) in [5.41, 5.74) is 7.77. The van der Waals surface area contributed by atoms with Crippen molar-refractivity contribution in [3.05, 3.63) is 0 Å². The van der Waals surface area contributed by atoms with Crippen LogP contribution in [-0.4, -0.2) is 45.8 Å². The van der Waals surface area contributed by atoms with Crippen molar-refractivity contribution in [2.45, 2.75) is 83.6 Å². The zero-order valence-corrected chi connectivity index (χ0v) is 15.3. The lowest BCUT2D eigenvalue weighted by atomic mass is 9.92. The molecule has 0 aliphatic carbocycles. The molecule has 0 aliphatic rings. The van der Waals surface area contributed by atoms with Gasteiger partial charge in [-0.15, -0.1) is 0 Å². The Morgan fingerprint density at radius 1 is 0.958 bits per heavy atom. The monoisotopic (exact) mass is 346 g/mol. The molecule has 5 N–H and O–H groups in total. The van der Waals surface area contributed by atoms with Gasteiger partial charge in [-0.3, -0.25) is 4.79 Å². The van der Waals surface area contributed by atoms with Crippen LogP contribution in [0, 0.1) is 0 Å². The second kappa shape index (κ2) is 7.94. The molecule has 0 radical (unpaired) electrons. The molecule has 0 aromatic carbocycles. The van der Waals surface area contributed by atoms with Gasteiger partial charge < -0.3 is 26.0 Å². The fourth-order valence-electron chi connectivity index (χ4n) is 1.75. The molecule has 0 spiro atoms. The van der Waals surface area contributed by atoms with E-state index in [1.165, 1.54) is 0 Å². The van der Waals surface area contributed by atoms with Crippen molar-refractivity contribution in [3.63, 3.8) is 0 Å². The number of aliphatic carboxylic acids is 1. The number of carboxylic acid groups (broad SMARTS) is 1. The highest BCUT2D eigenvalue weighted by molar-refractivity contribution is 6.04. The third-order valence-electron chi connectivity index (χ3n) is 2.93.